The Morgan fingerprint density at radius 2 is 1.93 bits per heavy atom. The molecule has 1 heterocycles. The average molecular weight is 399 g/mol. The van der Waals surface area contributed by atoms with Crippen LogP contribution in [0.5, 0.6) is 5.75 Å². The minimum absolute atomic E-state index is 0.0730. The van der Waals surface area contributed by atoms with Gasteiger partial charge in [0.1, 0.15) is 10.1 Å². The van der Waals surface area contributed by atoms with Crippen molar-refractivity contribution in [3.8, 4) is 5.75 Å². The number of rotatable bonds is 6. The number of aryl methyl sites for hydroxylation is 2. The molecule has 1 aliphatic rings. The van der Waals surface area contributed by atoms with Gasteiger partial charge in [0.05, 0.1) is 18.2 Å². The molecule has 4 nitrogen and oxygen atoms in total. The number of ether oxygens (including phenoxy) is 1. The molecule has 1 saturated heterocycles. The first-order valence-corrected chi connectivity index (χ1v) is 9.99. The van der Waals surface area contributed by atoms with E-state index in [-0.39, 0.29) is 5.91 Å². The second-order valence-electron chi connectivity index (χ2n) is 6.27. The lowest BCUT2D eigenvalue weighted by Gasteiger charge is -2.17. The predicted molar refractivity (Wildman–Crippen MR) is 117 cm³/mol. The predicted octanol–water partition coefficient (Wildman–Crippen LogP) is 4.97. The summed E-state index contributed by atoms with van der Waals surface area (Å²) in [6.45, 7) is 7.04. The van der Waals surface area contributed by atoms with Crippen LogP contribution in [0.4, 0.5) is 5.69 Å². The Labute approximate surface area is 169 Å². The zero-order valence-corrected chi connectivity index (χ0v) is 17.2. The summed E-state index contributed by atoms with van der Waals surface area (Å²) in [6.07, 6.45) is 1.87. The Morgan fingerprint density at radius 1 is 1.19 bits per heavy atom. The number of amides is 1. The van der Waals surface area contributed by atoms with Crippen LogP contribution in [-0.4, -0.2) is 28.4 Å². The van der Waals surface area contributed by atoms with Crippen LogP contribution in [0.3, 0.4) is 0 Å². The van der Waals surface area contributed by atoms with Crippen molar-refractivity contribution in [2.24, 2.45) is 0 Å². The molecule has 1 N–H and O–H groups in total. The third-order valence-electron chi connectivity index (χ3n) is 4.17. The van der Waals surface area contributed by atoms with Gasteiger partial charge in [-0.3, -0.25) is 9.69 Å². The summed E-state index contributed by atoms with van der Waals surface area (Å²) in [4.78, 5) is 15.0. The van der Waals surface area contributed by atoms with E-state index in [0.29, 0.717) is 22.5 Å². The van der Waals surface area contributed by atoms with Gasteiger partial charge >= 0.3 is 0 Å². The van der Waals surface area contributed by atoms with Gasteiger partial charge in [-0.25, -0.2) is 0 Å². The topological polar surface area (TPSA) is 41.6 Å². The van der Waals surface area contributed by atoms with Gasteiger partial charge in [-0.05, 0) is 56.2 Å². The minimum Gasteiger partial charge on any atom is -0.494 e. The zero-order chi connectivity index (χ0) is 19.4. The van der Waals surface area contributed by atoms with Crippen molar-refractivity contribution in [3.63, 3.8) is 0 Å². The maximum Gasteiger partial charge on any atom is 0.267 e. The third kappa shape index (κ3) is 4.70. The fourth-order valence-electron chi connectivity index (χ4n) is 2.79. The first-order valence-electron chi connectivity index (χ1n) is 8.77. The summed E-state index contributed by atoms with van der Waals surface area (Å²) >= 11 is 6.73. The van der Waals surface area contributed by atoms with Gasteiger partial charge in [-0.2, -0.15) is 0 Å². The maximum atomic E-state index is 12.7. The number of hydrogen-bond donors (Lipinski definition) is 1. The van der Waals surface area contributed by atoms with E-state index in [9.17, 15) is 4.79 Å². The molecule has 6 heteroatoms. The molecule has 1 fully saturated rings. The monoisotopic (exact) mass is 398 g/mol. The molecule has 0 aromatic heterocycles. The van der Waals surface area contributed by atoms with Gasteiger partial charge in [0, 0.05) is 5.69 Å². The average Bonchev–Trinajstić information content (AvgIpc) is 2.90. The smallest absolute Gasteiger partial charge is 0.267 e. The van der Waals surface area contributed by atoms with Crippen molar-refractivity contribution in [1.82, 2.24) is 4.90 Å². The second-order valence-corrected chi connectivity index (χ2v) is 7.94. The number of thioether (sulfide) groups is 1. The Hall–Kier alpha value is -2.31. The largest absolute Gasteiger partial charge is 0.494 e. The molecule has 0 unspecified atom stereocenters. The number of carbonyl (C=O) groups is 1. The Morgan fingerprint density at radius 3 is 2.59 bits per heavy atom. The zero-order valence-electron chi connectivity index (χ0n) is 15.6. The SMILES string of the molecule is CCOc1ccc(C=C2SC(=S)N(CNc3ccc(C)cc3C)C2=O)cc1. The first kappa shape index (κ1) is 19.5. The van der Waals surface area contributed by atoms with E-state index in [2.05, 4.69) is 18.3 Å². The summed E-state index contributed by atoms with van der Waals surface area (Å²) in [5.74, 6) is 0.746. The van der Waals surface area contributed by atoms with E-state index in [1.54, 1.807) is 4.90 Å². The molecule has 1 aliphatic heterocycles. The Bertz CT molecular complexity index is 892. The lowest BCUT2D eigenvalue weighted by Crippen LogP contribution is -2.33. The quantitative estimate of drug-likeness (QED) is 0.549. The molecule has 27 heavy (non-hydrogen) atoms. The Balaban J connectivity index is 1.68. The van der Waals surface area contributed by atoms with E-state index in [4.69, 9.17) is 17.0 Å². The first-order chi connectivity index (χ1) is 13.0. The van der Waals surface area contributed by atoms with Crippen molar-refractivity contribution in [2.75, 3.05) is 18.6 Å². The molecule has 2 aromatic carbocycles. The van der Waals surface area contributed by atoms with Crippen LogP contribution in [0.2, 0.25) is 0 Å². The molecule has 0 radical (unpaired) electrons. The van der Waals surface area contributed by atoms with E-state index in [1.807, 2.05) is 56.3 Å². The van der Waals surface area contributed by atoms with Crippen LogP contribution < -0.4 is 10.1 Å². The number of hydrogen-bond acceptors (Lipinski definition) is 5. The molecule has 140 valence electrons. The van der Waals surface area contributed by atoms with Crippen LogP contribution in [0.25, 0.3) is 6.08 Å². The van der Waals surface area contributed by atoms with E-state index < -0.39 is 0 Å². The summed E-state index contributed by atoms with van der Waals surface area (Å²) in [5.41, 5.74) is 4.30. The Kier molecular flexibility index (Phi) is 6.19. The van der Waals surface area contributed by atoms with E-state index in [0.717, 1.165) is 22.6 Å². The summed E-state index contributed by atoms with van der Waals surface area (Å²) in [5, 5.41) is 3.31. The van der Waals surface area contributed by atoms with Gasteiger partial charge < -0.3 is 10.1 Å². The number of nitrogens with zero attached hydrogens (tertiary/aromatic N) is 1. The van der Waals surface area contributed by atoms with Crippen LogP contribution in [0.15, 0.2) is 47.4 Å². The standard InChI is InChI=1S/C21H22N2O2S2/c1-4-25-17-8-6-16(7-9-17)12-19-20(24)23(21(26)27-19)13-22-18-10-5-14(2)11-15(18)3/h5-12,22H,4,13H2,1-3H3. The fourth-order valence-corrected chi connectivity index (χ4v) is 4.05. The normalized spacial score (nSPS) is 15.5. The number of anilines is 1. The number of carbonyl (C=O) groups excluding carboxylic acids is 1. The molecule has 1 amide bonds. The molecular formula is C21H22N2O2S2. The minimum atomic E-state index is -0.0730. The van der Waals surface area contributed by atoms with Gasteiger partial charge in [0.25, 0.3) is 5.91 Å². The number of nitrogens with one attached hydrogen (secondary N) is 1. The van der Waals surface area contributed by atoms with E-state index in [1.165, 1.54) is 17.3 Å². The van der Waals surface area contributed by atoms with Crippen molar-refractivity contribution in [3.05, 3.63) is 64.1 Å². The molecule has 0 bridgehead atoms. The lowest BCUT2D eigenvalue weighted by atomic mass is 10.1. The summed E-state index contributed by atoms with van der Waals surface area (Å²) in [6, 6.07) is 13.9. The van der Waals surface area contributed by atoms with Gasteiger partial charge in [-0.1, -0.05) is 53.8 Å². The second kappa shape index (κ2) is 8.59. The van der Waals surface area contributed by atoms with Crippen molar-refractivity contribution in [2.45, 2.75) is 20.8 Å². The number of benzene rings is 2. The summed E-state index contributed by atoms with van der Waals surface area (Å²) in [7, 11) is 0. The van der Waals surface area contributed by atoms with Crippen LogP contribution in [-0.2, 0) is 4.79 Å². The lowest BCUT2D eigenvalue weighted by molar-refractivity contribution is -0.121. The highest BCUT2D eigenvalue weighted by Gasteiger charge is 2.31. The van der Waals surface area contributed by atoms with Crippen molar-refractivity contribution >= 4 is 46.0 Å². The van der Waals surface area contributed by atoms with Gasteiger partial charge in [0.2, 0.25) is 0 Å². The molecule has 0 spiro atoms. The highest BCUT2D eigenvalue weighted by atomic mass is 32.2. The highest BCUT2D eigenvalue weighted by Crippen LogP contribution is 2.32. The van der Waals surface area contributed by atoms with Crippen molar-refractivity contribution in [1.29, 1.82) is 0 Å². The molecule has 0 atom stereocenters. The van der Waals surface area contributed by atoms with Crippen LogP contribution in [0, 0.1) is 13.8 Å². The molecule has 3 rings (SSSR count). The number of thiocarbonyl (C=S) groups is 1. The van der Waals surface area contributed by atoms with Crippen molar-refractivity contribution < 1.29 is 9.53 Å². The molecule has 2 aromatic rings. The van der Waals surface area contributed by atoms with Gasteiger partial charge in [-0.15, -0.1) is 0 Å². The third-order valence-corrected chi connectivity index (χ3v) is 5.55. The van der Waals surface area contributed by atoms with Crippen LogP contribution in [0.1, 0.15) is 23.6 Å². The van der Waals surface area contributed by atoms with Gasteiger partial charge in [0.15, 0.2) is 0 Å². The molecule has 0 saturated carbocycles. The van der Waals surface area contributed by atoms with Crippen LogP contribution >= 0.6 is 24.0 Å². The molecule has 0 aliphatic carbocycles. The fraction of sp³-hybridized carbons (Fsp3) is 0.238. The summed E-state index contributed by atoms with van der Waals surface area (Å²) < 4.78 is 6.01. The highest BCUT2D eigenvalue weighted by molar-refractivity contribution is 8.26. The maximum absolute atomic E-state index is 12.7. The van der Waals surface area contributed by atoms with E-state index >= 15 is 0 Å². The molecular weight excluding hydrogens is 376 g/mol.